The van der Waals surface area contributed by atoms with E-state index in [2.05, 4.69) is 27.2 Å². The van der Waals surface area contributed by atoms with E-state index in [9.17, 15) is 9.59 Å². The number of benzene rings is 1. The second-order valence-electron chi connectivity index (χ2n) is 7.41. The quantitative estimate of drug-likeness (QED) is 0.344. The fraction of sp³-hybridized carbons (Fsp3) is 0.227. The zero-order valence-corrected chi connectivity index (χ0v) is 17.3. The number of hydrogen-bond acceptors (Lipinski definition) is 8. The first-order valence-corrected chi connectivity index (χ1v) is 10.1. The number of pyridine rings is 1. The minimum Gasteiger partial charge on any atom is -0.423 e. The summed E-state index contributed by atoms with van der Waals surface area (Å²) >= 11 is 0. The van der Waals surface area contributed by atoms with Gasteiger partial charge in [0.2, 0.25) is 5.91 Å². The Labute approximate surface area is 184 Å². The molecule has 1 fully saturated rings. The lowest BCUT2D eigenvalue weighted by Crippen LogP contribution is -2.44. The molecule has 4 rings (SSSR count). The van der Waals surface area contributed by atoms with Crippen molar-refractivity contribution in [3.63, 3.8) is 0 Å². The van der Waals surface area contributed by atoms with Gasteiger partial charge in [-0.15, -0.1) is 0 Å². The highest BCUT2D eigenvalue weighted by Gasteiger charge is 2.26. The largest absolute Gasteiger partial charge is 0.423 e. The van der Waals surface area contributed by atoms with Crippen molar-refractivity contribution in [2.24, 2.45) is 0 Å². The highest BCUT2D eigenvalue weighted by atomic mass is 16.4. The van der Waals surface area contributed by atoms with E-state index in [0.717, 1.165) is 12.8 Å². The number of nitrogens with two attached hydrogens (primary N) is 1. The minimum absolute atomic E-state index is 0.0104. The normalized spacial score (nSPS) is 15.9. The number of carbonyl (C=O) groups is 2. The molecule has 2 aromatic heterocycles. The molecule has 0 bridgehead atoms. The van der Waals surface area contributed by atoms with Gasteiger partial charge >= 0.3 is 6.01 Å². The smallest absolute Gasteiger partial charge is 0.302 e. The van der Waals surface area contributed by atoms with Crippen LogP contribution in [0.5, 0.6) is 0 Å². The van der Waals surface area contributed by atoms with Crippen LogP contribution in [0.25, 0.3) is 11.1 Å². The van der Waals surface area contributed by atoms with Gasteiger partial charge in [-0.3, -0.25) is 20.3 Å². The summed E-state index contributed by atoms with van der Waals surface area (Å²) in [4.78, 5) is 34.7. The van der Waals surface area contributed by atoms with Crippen molar-refractivity contribution < 1.29 is 14.0 Å². The number of carbonyl (C=O) groups excluding carboxylic acids is 2. The third-order valence-corrected chi connectivity index (χ3v) is 5.24. The Morgan fingerprint density at radius 1 is 1.31 bits per heavy atom. The molecule has 1 aliphatic heterocycles. The number of piperidine rings is 1. The molecular formula is C22H23N7O3. The molecule has 0 spiro atoms. The van der Waals surface area contributed by atoms with Gasteiger partial charge < -0.3 is 20.4 Å². The van der Waals surface area contributed by atoms with E-state index >= 15 is 0 Å². The topological polar surface area (TPSA) is 150 Å². The number of anilines is 3. The fourth-order valence-corrected chi connectivity index (χ4v) is 3.70. The van der Waals surface area contributed by atoms with Gasteiger partial charge in [0.15, 0.2) is 5.58 Å². The maximum atomic E-state index is 12.8. The lowest BCUT2D eigenvalue weighted by Gasteiger charge is -2.33. The number of nitrogens with one attached hydrogen (secondary N) is 3. The Bertz CT molecular complexity index is 1170. The van der Waals surface area contributed by atoms with Crippen LogP contribution in [0.3, 0.4) is 0 Å². The maximum absolute atomic E-state index is 12.8. The maximum Gasteiger partial charge on any atom is 0.302 e. The summed E-state index contributed by atoms with van der Waals surface area (Å²) < 4.78 is 5.50. The van der Waals surface area contributed by atoms with Crippen LogP contribution in [0.2, 0.25) is 0 Å². The van der Waals surface area contributed by atoms with Gasteiger partial charge in [0.1, 0.15) is 17.0 Å². The zero-order chi connectivity index (χ0) is 22.7. The van der Waals surface area contributed by atoms with Gasteiger partial charge in [0.05, 0.1) is 5.56 Å². The number of para-hydroxylation sites is 2. The van der Waals surface area contributed by atoms with Crippen LogP contribution < -0.4 is 16.4 Å². The lowest BCUT2D eigenvalue weighted by molar-refractivity contribution is -0.127. The van der Waals surface area contributed by atoms with Crippen LogP contribution in [0.1, 0.15) is 18.4 Å². The first-order valence-electron chi connectivity index (χ1n) is 10.1. The number of nitrogen functional groups attached to an aromatic ring is 1. The molecule has 10 nitrogen and oxygen atoms in total. The second-order valence-corrected chi connectivity index (χ2v) is 7.41. The van der Waals surface area contributed by atoms with Crippen LogP contribution >= 0.6 is 0 Å². The average Bonchev–Trinajstić information content (AvgIpc) is 3.20. The van der Waals surface area contributed by atoms with Crippen LogP contribution in [0, 0.1) is 5.41 Å². The number of aromatic nitrogens is 2. The van der Waals surface area contributed by atoms with Gasteiger partial charge in [0.25, 0.3) is 5.91 Å². The molecule has 32 heavy (non-hydrogen) atoms. The highest BCUT2D eigenvalue weighted by Crippen LogP contribution is 2.25. The highest BCUT2D eigenvalue weighted by molar-refractivity contribution is 6.49. The van der Waals surface area contributed by atoms with Gasteiger partial charge in [-0.05, 0) is 37.1 Å². The van der Waals surface area contributed by atoms with E-state index < -0.39 is 5.91 Å². The van der Waals surface area contributed by atoms with E-state index in [1.807, 2.05) is 6.07 Å². The number of hydrogen-bond donors (Lipinski definition) is 4. The van der Waals surface area contributed by atoms with E-state index in [1.54, 1.807) is 29.2 Å². The van der Waals surface area contributed by atoms with E-state index in [0.29, 0.717) is 29.9 Å². The molecular weight excluding hydrogens is 410 g/mol. The van der Waals surface area contributed by atoms with Crippen molar-refractivity contribution in [3.8, 4) is 0 Å². The molecule has 0 unspecified atom stereocenters. The molecule has 0 saturated carbocycles. The van der Waals surface area contributed by atoms with Crippen molar-refractivity contribution >= 4 is 46.1 Å². The fourth-order valence-electron chi connectivity index (χ4n) is 3.70. The van der Waals surface area contributed by atoms with Gasteiger partial charge in [-0.25, -0.2) is 4.98 Å². The molecule has 5 N–H and O–H groups in total. The third-order valence-electron chi connectivity index (χ3n) is 5.24. The monoisotopic (exact) mass is 433 g/mol. The Balaban J connectivity index is 1.52. The van der Waals surface area contributed by atoms with Crippen molar-refractivity contribution in [2.45, 2.75) is 18.9 Å². The second kappa shape index (κ2) is 8.88. The molecule has 3 aromatic rings. The third kappa shape index (κ3) is 4.29. The average molecular weight is 433 g/mol. The molecule has 3 heterocycles. The summed E-state index contributed by atoms with van der Waals surface area (Å²) in [5.41, 5.74) is 7.43. The standard InChI is InChI=1S/C22H23N7O3/c1-2-17(30)29-11-5-6-13(12-29)26-15-9-10-25-20(24)18(15)19(23)21(31)28-22-27-14-7-3-4-8-16(14)32-22/h2-4,7-10,13,23H,1,5-6,11-12H2,(H3,24,25,26)(H,27,28,31)/t13-/m1/s1. The first-order chi connectivity index (χ1) is 15.5. The molecule has 1 atom stereocenters. The Morgan fingerprint density at radius 2 is 2.12 bits per heavy atom. The molecule has 0 aliphatic carbocycles. The van der Waals surface area contributed by atoms with Crippen molar-refractivity contribution in [3.05, 3.63) is 54.7 Å². The summed E-state index contributed by atoms with van der Waals surface area (Å²) in [7, 11) is 0. The summed E-state index contributed by atoms with van der Waals surface area (Å²) in [5, 5.41) is 14.3. The Morgan fingerprint density at radius 3 is 2.91 bits per heavy atom. The van der Waals surface area contributed by atoms with Gasteiger partial charge in [-0.2, -0.15) is 4.98 Å². The first kappa shape index (κ1) is 21.0. The zero-order valence-electron chi connectivity index (χ0n) is 17.3. The van der Waals surface area contributed by atoms with Crippen molar-refractivity contribution in [1.29, 1.82) is 5.41 Å². The molecule has 1 saturated heterocycles. The predicted molar refractivity (Wildman–Crippen MR) is 122 cm³/mol. The summed E-state index contributed by atoms with van der Waals surface area (Å²) in [6.45, 7) is 4.68. The number of likely N-dealkylation sites (tertiary alicyclic amines) is 1. The molecule has 10 heteroatoms. The van der Waals surface area contributed by atoms with Crippen molar-refractivity contribution in [1.82, 2.24) is 14.9 Å². The van der Waals surface area contributed by atoms with Crippen LogP contribution in [-0.4, -0.2) is 51.5 Å². The van der Waals surface area contributed by atoms with Crippen molar-refractivity contribution in [2.75, 3.05) is 29.5 Å². The van der Waals surface area contributed by atoms with Gasteiger partial charge in [0, 0.05) is 31.0 Å². The molecule has 1 aromatic carbocycles. The molecule has 164 valence electrons. The molecule has 2 amide bonds. The van der Waals surface area contributed by atoms with Crippen LogP contribution in [0.15, 0.2) is 53.6 Å². The number of amides is 2. The van der Waals surface area contributed by atoms with Gasteiger partial charge in [-0.1, -0.05) is 18.7 Å². The summed E-state index contributed by atoms with van der Waals surface area (Å²) in [6.07, 6.45) is 4.45. The van der Waals surface area contributed by atoms with E-state index in [1.165, 1.54) is 12.3 Å². The van der Waals surface area contributed by atoms with Crippen LogP contribution in [-0.2, 0) is 9.59 Å². The number of rotatable bonds is 6. The SMILES string of the molecule is C=CC(=O)N1CCC[C@@H](Nc2ccnc(N)c2C(=N)C(=O)Nc2nc3ccccc3o2)C1. The number of oxazole rings is 1. The lowest BCUT2D eigenvalue weighted by atomic mass is 10.0. The predicted octanol–water partition coefficient (Wildman–Crippen LogP) is 2.40. The number of fused-ring (bicyclic) bond motifs is 1. The Hall–Kier alpha value is -4.21. The number of nitrogens with zero attached hydrogens (tertiary/aromatic N) is 3. The Kier molecular flexibility index (Phi) is 5.84. The summed E-state index contributed by atoms with van der Waals surface area (Å²) in [5.74, 6) is -0.814. The molecule has 1 aliphatic rings. The summed E-state index contributed by atoms with van der Waals surface area (Å²) in [6, 6.07) is 8.67. The van der Waals surface area contributed by atoms with Crippen LogP contribution in [0.4, 0.5) is 17.5 Å². The minimum atomic E-state index is -0.730. The van der Waals surface area contributed by atoms with E-state index in [-0.39, 0.29) is 35.1 Å². The molecule has 0 radical (unpaired) electrons. The van der Waals surface area contributed by atoms with E-state index in [4.69, 9.17) is 15.6 Å².